The first kappa shape index (κ1) is 79.6. The molecule has 6 heteroatoms. The molecule has 0 aromatic carbocycles. The Morgan fingerprint density at radius 1 is 0.253 bits per heavy atom. The van der Waals surface area contributed by atoms with Crippen molar-refractivity contribution in [2.24, 2.45) is 0 Å². The zero-order valence-electron chi connectivity index (χ0n) is 55.2. The molecule has 83 heavy (non-hydrogen) atoms. The van der Waals surface area contributed by atoms with Crippen molar-refractivity contribution in [3.8, 4) is 0 Å². The molecule has 0 aliphatic heterocycles. The van der Waals surface area contributed by atoms with Gasteiger partial charge in [0.25, 0.3) is 0 Å². The first-order valence-corrected chi connectivity index (χ1v) is 36.1. The molecular formula is C77H136O6. The summed E-state index contributed by atoms with van der Waals surface area (Å²) in [5.41, 5.74) is 0. The molecule has 6 nitrogen and oxygen atoms in total. The van der Waals surface area contributed by atoms with Crippen molar-refractivity contribution in [1.29, 1.82) is 0 Å². The number of allylic oxidation sites excluding steroid dienone is 14. The number of ether oxygens (including phenoxy) is 3. The highest BCUT2D eigenvalue weighted by Crippen LogP contribution is 2.18. The number of esters is 3. The van der Waals surface area contributed by atoms with Crippen molar-refractivity contribution < 1.29 is 28.6 Å². The Bertz CT molecular complexity index is 1570. The van der Waals surface area contributed by atoms with E-state index in [1.54, 1.807) is 0 Å². The Balaban J connectivity index is 4.13. The van der Waals surface area contributed by atoms with Gasteiger partial charge in [-0.15, -0.1) is 0 Å². The van der Waals surface area contributed by atoms with Crippen LogP contribution in [0.3, 0.4) is 0 Å². The molecule has 0 amide bonds. The molecule has 0 saturated heterocycles. The molecule has 480 valence electrons. The minimum atomic E-state index is -0.775. The van der Waals surface area contributed by atoms with Gasteiger partial charge in [-0.25, -0.2) is 0 Å². The summed E-state index contributed by atoms with van der Waals surface area (Å²) in [7, 11) is 0. The van der Waals surface area contributed by atoms with Gasteiger partial charge in [-0.1, -0.05) is 337 Å². The molecule has 0 fully saturated rings. The van der Waals surface area contributed by atoms with Crippen LogP contribution < -0.4 is 0 Å². The van der Waals surface area contributed by atoms with Gasteiger partial charge in [0.2, 0.25) is 0 Å². The van der Waals surface area contributed by atoms with Gasteiger partial charge >= 0.3 is 17.9 Å². The largest absolute Gasteiger partial charge is 0.462 e. The summed E-state index contributed by atoms with van der Waals surface area (Å²) in [6.45, 7) is 6.54. The summed E-state index contributed by atoms with van der Waals surface area (Å²) < 4.78 is 17.0. The first-order valence-electron chi connectivity index (χ1n) is 36.1. The van der Waals surface area contributed by atoms with Crippen LogP contribution in [-0.2, 0) is 28.6 Å². The average Bonchev–Trinajstić information content (AvgIpc) is 3.49. The van der Waals surface area contributed by atoms with Gasteiger partial charge in [-0.2, -0.15) is 0 Å². The van der Waals surface area contributed by atoms with Crippen LogP contribution in [0.5, 0.6) is 0 Å². The lowest BCUT2D eigenvalue weighted by Gasteiger charge is -2.18. The number of hydrogen-bond acceptors (Lipinski definition) is 6. The van der Waals surface area contributed by atoms with Crippen LogP contribution in [0.25, 0.3) is 0 Å². The van der Waals surface area contributed by atoms with Crippen molar-refractivity contribution in [1.82, 2.24) is 0 Å². The van der Waals surface area contributed by atoms with E-state index in [1.165, 1.54) is 231 Å². The Morgan fingerprint density at radius 2 is 0.470 bits per heavy atom. The Hall–Kier alpha value is -3.41. The van der Waals surface area contributed by atoms with E-state index < -0.39 is 6.10 Å². The van der Waals surface area contributed by atoms with E-state index >= 15 is 0 Å². The second-order valence-electron chi connectivity index (χ2n) is 24.1. The van der Waals surface area contributed by atoms with E-state index in [0.29, 0.717) is 19.3 Å². The number of carbonyl (C=O) groups excluding carboxylic acids is 3. The van der Waals surface area contributed by atoms with Crippen LogP contribution in [0.1, 0.15) is 367 Å². The van der Waals surface area contributed by atoms with Gasteiger partial charge in [-0.05, 0) is 96.3 Å². The fraction of sp³-hybridized carbons (Fsp3) is 0.779. The lowest BCUT2D eigenvalue weighted by atomic mass is 10.0. The maximum absolute atomic E-state index is 12.9. The van der Waals surface area contributed by atoms with E-state index in [4.69, 9.17) is 14.2 Å². The van der Waals surface area contributed by atoms with Gasteiger partial charge in [0.1, 0.15) is 13.2 Å². The van der Waals surface area contributed by atoms with E-state index in [9.17, 15) is 14.4 Å². The minimum absolute atomic E-state index is 0.0717. The molecule has 0 saturated carbocycles. The van der Waals surface area contributed by atoms with Crippen LogP contribution in [0.15, 0.2) is 85.1 Å². The minimum Gasteiger partial charge on any atom is -0.462 e. The molecule has 0 aromatic heterocycles. The van der Waals surface area contributed by atoms with Crippen LogP contribution >= 0.6 is 0 Å². The molecule has 0 spiro atoms. The molecule has 0 aromatic rings. The third-order valence-corrected chi connectivity index (χ3v) is 15.9. The fourth-order valence-electron chi connectivity index (χ4n) is 10.5. The van der Waals surface area contributed by atoms with Crippen LogP contribution in [0.4, 0.5) is 0 Å². The molecule has 0 bridgehead atoms. The lowest BCUT2D eigenvalue weighted by Crippen LogP contribution is -2.30. The first-order chi connectivity index (χ1) is 41.0. The van der Waals surface area contributed by atoms with Gasteiger partial charge in [-0.3, -0.25) is 14.4 Å². The van der Waals surface area contributed by atoms with Gasteiger partial charge in [0, 0.05) is 19.3 Å². The smallest absolute Gasteiger partial charge is 0.306 e. The summed E-state index contributed by atoms with van der Waals surface area (Å²) in [6, 6.07) is 0. The van der Waals surface area contributed by atoms with Crippen molar-refractivity contribution in [3.05, 3.63) is 85.1 Å². The zero-order chi connectivity index (χ0) is 59.9. The van der Waals surface area contributed by atoms with Crippen molar-refractivity contribution in [2.75, 3.05) is 13.2 Å². The summed E-state index contributed by atoms with van der Waals surface area (Å²) in [5, 5.41) is 0. The van der Waals surface area contributed by atoms with E-state index in [0.717, 1.165) is 96.3 Å². The third kappa shape index (κ3) is 69.3. The third-order valence-electron chi connectivity index (χ3n) is 15.9. The molecule has 0 N–H and O–H groups in total. The predicted octanol–water partition coefficient (Wildman–Crippen LogP) is 25.0. The molecule has 0 aliphatic carbocycles. The average molecular weight is 1160 g/mol. The SMILES string of the molecule is CC/C=C\C/C=C\C/C=C\C/C=C\C/C=C\CCCCCCCCCCCCCCCC(=O)OCC(COC(=O)CCCCCCCCCCC)OC(=O)CCCCCCCCCCCCCCCCC/C=C\C/C=C\CCCCCCC. The Labute approximate surface area is 515 Å². The quantitative estimate of drug-likeness (QED) is 0.0261. The summed E-state index contributed by atoms with van der Waals surface area (Å²) in [6.07, 6.45) is 94.9. The Morgan fingerprint density at radius 3 is 0.735 bits per heavy atom. The number of unbranched alkanes of at least 4 members (excludes halogenated alkanes) is 41. The van der Waals surface area contributed by atoms with Crippen molar-refractivity contribution in [3.63, 3.8) is 0 Å². The van der Waals surface area contributed by atoms with Crippen LogP contribution in [0, 0.1) is 0 Å². The predicted molar refractivity (Wildman–Crippen MR) is 362 cm³/mol. The topological polar surface area (TPSA) is 78.9 Å². The molecule has 0 heterocycles. The maximum atomic E-state index is 12.9. The number of rotatable bonds is 66. The molecular weight excluding hydrogens is 1020 g/mol. The standard InChI is InChI=1S/C77H136O6/c1-4-7-10-13-16-19-21-23-25-27-29-31-33-35-37-38-40-41-43-45-47-49-51-53-55-58-61-64-67-70-76(79)82-73-74(72-81-75(78)69-66-63-60-57-18-15-12-9-6-3)83-77(80)71-68-65-62-59-56-54-52-50-48-46-44-42-39-36-34-32-30-28-26-24-22-20-17-14-11-8-5-2/h7,10,16,19,22-25,28-31,35,37,74H,4-6,8-9,11-15,17-18,20-21,26-27,32-34,36,38-73H2,1-3H3/b10-7-,19-16-,24-22-,25-23-,30-28-,31-29-,37-35-. The van der Waals surface area contributed by atoms with Crippen molar-refractivity contribution in [2.45, 2.75) is 374 Å². The summed E-state index contributed by atoms with van der Waals surface area (Å²) in [5.74, 6) is -0.856. The molecule has 1 unspecified atom stereocenters. The van der Waals surface area contributed by atoms with E-state index in [-0.39, 0.29) is 31.1 Å². The second-order valence-corrected chi connectivity index (χ2v) is 24.1. The van der Waals surface area contributed by atoms with Crippen molar-refractivity contribution >= 4 is 17.9 Å². The summed E-state index contributed by atoms with van der Waals surface area (Å²) >= 11 is 0. The van der Waals surface area contributed by atoms with Gasteiger partial charge < -0.3 is 14.2 Å². The fourth-order valence-corrected chi connectivity index (χ4v) is 10.5. The van der Waals surface area contributed by atoms with Gasteiger partial charge in [0.15, 0.2) is 6.10 Å². The Kier molecular flexibility index (Phi) is 68.2. The lowest BCUT2D eigenvalue weighted by molar-refractivity contribution is -0.167. The second kappa shape index (κ2) is 71.1. The molecule has 0 rings (SSSR count). The van der Waals surface area contributed by atoms with Gasteiger partial charge in [0.05, 0.1) is 0 Å². The highest BCUT2D eigenvalue weighted by Gasteiger charge is 2.19. The zero-order valence-corrected chi connectivity index (χ0v) is 55.2. The highest BCUT2D eigenvalue weighted by molar-refractivity contribution is 5.71. The van der Waals surface area contributed by atoms with E-state index in [2.05, 4.69) is 106 Å². The van der Waals surface area contributed by atoms with E-state index in [1.807, 2.05) is 0 Å². The summed E-state index contributed by atoms with van der Waals surface area (Å²) in [4.78, 5) is 38.3. The normalized spacial score (nSPS) is 12.6. The number of hydrogen-bond donors (Lipinski definition) is 0. The number of carbonyl (C=O) groups is 3. The van der Waals surface area contributed by atoms with Crippen LogP contribution in [0.2, 0.25) is 0 Å². The molecule has 0 aliphatic rings. The molecule has 0 radical (unpaired) electrons. The van der Waals surface area contributed by atoms with Crippen LogP contribution in [-0.4, -0.2) is 37.2 Å². The molecule has 1 atom stereocenters. The highest BCUT2D eigenvalue weighted by atomic mass is 16.6. The maximum Gasteiger partial charge on any atom is 0.306 e. The monoisotopic (exact) mass is 1160 g/mol.